The van der Waals surface area contributed by atoms with Crippen molar-refractivity contribution in [2.75, 3.05) is 0 Å². The Balaban J connectivity index is 5.09. The molecule has 0 aromatic heterocycles. The quantitative estimate of drug-likeness (QED) is 0.430. The molecular formula is C14H26Br2F2O. The van der Waals surface area contributed by atoms with Crippen molar-refractivity contribution in [1.82, 2.24) is 0 Å². The Morgan fingerprint density at radius 3 is 1.26 bits per heavy atom. The van der Waals surface area contributed by atoms with Gasteiger partial charge in [-0.2, -0.15) is 0 Å². The fourth-order valence-electron chi connectivity index (χ4n) is 2.02. The number of hydrogen-bond acceptors (Lipinski definition) is 1. The highest BCUT2D eigenvalue weighted by atomic mass is 79.9. The van der Waals surface area contributed by atoms with Crippen molar-refractivity contribution in [1.29, 1.82) is 0 Å². The molecule has 0 heterocycles. The van der Waals surface area contributed by atoms with Gasteiger partial charge in [0.25, 0.3) is 0 Å². The maximum absolute atomic E-state index is 14.6. The second-order valence-electron chi connectivity index (χ2n) is 6.03. The van der Waals surface area contributed by atoms with E-state index >= 15 is 0 Å². The van der Waals surface area contributed by atoms with Crippen molar-refractivity contribution < 1.29 is 13.5 Å². The predicted octanol–water partition coefficient (Wildman–Crippen LogP) is 6.28. The van der Waals surface area contributed by atoms with Crippen LogP contribution in [-0.2, 0) is 4.74 Å². The van der Waals surface area contributed by atoms with Crippen molar-refractivity contribution in [3.05, 3.63) is 0 Å². The van der Waals surface area contributed by atoms with Crippen LogP contribution in [0.5, 0.6) is 0 Å². The van der Waals surface area contributed by atoms with Gasteiger partial charge in [-0.15, -0.1) is 0 Å². The number of alkyl halides is 4. The molecule has 0 radical (unpaired) electrons. The Morgan fingerprint density at radius 1 is 0.789 bits per heavy atom. The largest absolute Gasteiger partial charge is 0.361 e. The van der Waals surface area contributed by atoms with Crippen LogP contribution >= 0.6 is 31.9 Å². The van der Waals surface area contributed by atoms with Gasteiger partial charge in [0.2, 0.25) is 0 Å². The first kappa shape index (κ1) is 19.8. The summed E-state index contributed by atoms with van der Waals surface area (Å²) in [4.78, 5) is 0. The molecule has 0 bridgehead atoms. The molecule has 0 aliphatic carbocycles. The van der Waals surface area contributed by atoms with Crippen molar-refractivity contribution in [2.45, 2.75) is 87.6 Å². The lowest BCUT2D eigenvalue weighted by atomic mass is 9.93. The van der Waals surface area contributed by atoms with E-state index < -0.39 is 20.4 Å². The SMILES string of the molecule is CCCC(F)(Br)C(C)(C)OC(C)(C)C(F)(Br)CCC. The molecule has 0 saturated carbocycles. The molecular weight excluding hydrogens is 382 g/mol. The minimum Gasteiger partial charge on any atom is -0.361 e. The van der Waals surface area contributed by atoms with Crippen LogP contribution in [0.3, 0.4) is 0 Å². The van der Waals surface area contributed by atoms with E-state index in [1.807, 2.05) is 13.8 Å². The van der Waals surface area contributed by atoms with Gasteiger partial charge >= 0.3 is 0 Å². The highest BCUT2D eigenvalue weighted by Gasteiger charge is 2.52. The van der Waals surface area contributed by atoms with Crippen LogP contribution in [0.4, 0.5) is 8.78 Å². The second-order valence-corrected chi connectivity index (χ2v) is 8.55. The topological polar surface area (TPSA) is 9.23 Å². The van der Waals surface area contributed by atoms with Crippen LogP contribution in [-0.4, -0.2) is 20.4 Å². The monoisotopic (exact) mass is 406 g/mol. The third kappa shape index (κ3) is 4.92. The Bertz CT molecular complexity index is 261. The van der Waals surface area contributed by atoms with Gasteiger partial charge in [-0.05, 0) is 72.4 Å². The summed E-state index contributed by atoms with van der Waals surface area (Å²) in [5.41, 5.74) is -2.27. The molecule has 116 valence electrons. The average Bonchev–Trinajstić information content (AvgIpc) is 2.14. The first-order valence-corrected chi connectivity index (χ1v) is 8.37. The first-order valence-electron chi connectivity index (χ1n) is 6.79. The van der Waals surface area contributed by atoms with Crippen molar-refractivity contribution in [3.8, 4) is 0 Å². The zero-order valence-corrected chi connectivity index (χ0v) is 15.9. The van der Waals surface area contributed by atoms with Crippen molar-refractivity contribution in [3.63, 3.8) is 0 Å². The molecule has 0 aromatic carbocycles. The van der Waals surface area contributed by atoms with E-state index in [-0.39, 0.29) is 0 Å². The molecule has 2 atom stereocenters. The minimum absolute atomic E-state index is 0.311. The molecule has 0 fully saturated rings. The Morgan fingerprint density at radius 2 is 1.05 bits per heavy atom. The molecule has 2 unspecified atom stereocenters. The lowest BCUT2D eigenvalue weighted by Crippen LogP contribution is -2.54. The van der Waals surface area contributed by atoms with Crippen LogP contribution in [0.15, 0.2) is 0 Å². The van der Waals surface area contributed by atoms with Gasteiger partial charge in [0.1, 0.15) is 11.2 Å². The van der Waals surface area contributed by atoms with Gasteiger partial charge in [0.05, 0.1) is 0 Å². The molecule has 0 amide bonds. The summed E-state index contributed by atoms with van der Waals surface area (Å²) >= 11 is 6.19. The molecule has 0 N–H and O–H groups in total. The summed E-state index contributed by atoms with van der Waals surface area (Å²) in [6.45, 7) is 10.4. The Kier molecular flexibility index (Phi) is 6.97. The summed E-state index contributed by atoms with van der Waals surface area (Å²) < 4.78 is 31.7. The van der Waals surface area contributed by atoms with Crippen molar-refractivity contribution in [2.24, 2.45) is 0 Å². The zero-order valence-electron chi connectivity index (χ0n) is 12.7. The fraction of sp³-hybridized carbons (Fsp3) is 1.00. The lowest BCUT2D eigenvalue weighted by Gasteiger charge is -2.46. The van der Waals surface area contributed by atoms with Crippen LogP contribution in [0, 0.1) is 0 Å². The smallest absolute Gasteiger partial charge is 0.193 e. The van der Waals surface area contributed by atoms with E-state index in [1.165, 1.54) is 0 Å². The normalized spacial score (nSPS) is 19.9. The van der Waals surface area contributed by atoms with Gasteiger partial charge in [0, 0.05) is 0 Å². The highest BCUT2D eigenvalue weighted by Crippen LogP contribution is 2.47. The zero-order chi connectivity index (χ0) is 15.5. The van der Waals surface area contributed by atoms with E-state index in [4.69, 9.17) is 4.74 Å². The number of halogens is 4. The molecule has 0 aliphatic heterocycles. The van der Waals surface area contributed by atoms with Crippen LogP contribution in [0.1, 0.15) is 67.2 Å². The number of rotatable bonds is 8. The molecule has 0 aliphatic rings. The number of ether oxygens (including phenoxy) is 1. The second kappa shape index (κ2) is 6.69. The van der Waals surface area contributed by atoms with Gasteiger partial charge in [-0.3, -0.25) is 0 Å². The third-order valence-electron chi connectivity index (χ3n) is 3.40. The van der Waals surface area contributed by atoms with E-state index in [2.05, 4.69) is 31.9 Å². The van der Waals surface area contributed by atoms with Gasteiger partial charge in [-0.1, -0.05) is 26.7 Å². The van der Waals surface area contributed by atoms with Gasteiger partial charge < -0.3 is 4.74 Å². The molecule has 0 spiro atoms. The minimum atomic E-state index is -1.68. The number of hydrogen-bond donors (Lipinski definition) is 0. The van der Waals surface area contributed by atoms with Crippen molar-refractivity contribution >= 4 is 31.9 Å². The first-order chi connectivity index (χ1) is 8.33. The van der Waals surface area contributed by atoms with Gasteiger partial charge in [-0.25, -0.2) is 8.78 Å². The molecule has 5 heteroatoms. The summed E-state index contributed by atoms with van der Waals surface area (Å²) in [5, 5.41) is 0. The standard InChI is InChI=1S/C14H26Br2F2O/c1-7-9-13(15,17)11(3,4)19-12(5,6)14(16,18)10-8-2/h7-10H2,1-6H3. The molecule has 19 heavy (non-hydrogen) atoms. The van der Waals surface area contributed by atoms with Crippen LogP contribution < -0.4 is 0 Å². The summed E-state index contributed by atoms with van der Waals surface area (Å²) in [6.07, 6.45) is 1.98. The van der Waals surface area contributed by atoms with Crippen LogP contribution in [0.25, 0.3) is 0 Å². The molecule has 0 rings (SSSR count). The maximum atomic E-state index is 14.6. The Hall–Kier alpha value is 0.780. The molecule has 0 aromatic rings. The maximum Gasteiger partial charge on any atom is 0.193 e. The summed E-state index contributed by atoms with van der Waals surface area (Å²) in [5.74, 6) is 0. The van der Waals surface area contributed by atoms with E-state index in [9.17, 15) is 8.78 Å². The fourth-order valence-corrected chi connectivity index (χ4v) is 2.97. The lowest BCUT2D eigenvalue weighted by molar-refractivity contribution is -0.194. The van der Waals surface area contributed by atoms with Gasteiger partial charge in [0.15, 0.2) is 9.16 Å². The highest BCUT2D eigenvalue weighted by molar-refractivity contribution is 9.10. The molecule has 0 saturated heterocycles. The third-order valence-corrected chi connectivity index (χ3v) is 6.10. The van der Waals surface area contributed by atoms with E-state index in [0.717, 1.165) is 0 Å². The summed E-state index contributed by atoms with van der Waals surface area (Å²) in [6, 6.07) is 0. The van der Waals surface area contributed by atoms with E-state index in [0.29, 0.717) is 25.7 Å². The van der Waals surface area contributed by atoms with E-state index in [1.54, 1.807) is 27.7 Å². The average molecular weight is 408 g/mol. The molecule has 1 nitrogen and oxygen atoms in total. The Labute approximate surface area is 133 Å². The summed E-state index contributed by atoms with van der Waals surface area (Å²) in [7, 11) is 0. The van der Waals surface area contributed by atoms with Crippen LogP contribution in [0.2, 0.25) is 0 Å². The predicted molar refractivity (Wildman–Crippen MR) is 84.6 cm³/mol.